The summed E-state index contributed by atoms with van der Waals surface area (Å²) in [6.07, 6.45) is 1.92. The molecular formula is C15H20FNO3. The summed E-state index contributed by atoms with van der Waals surface area (Å²) in [7, 11) is 0. The summed E-state index contributed by atoms with van der Waals surface area (Å²) in [4.78, 5) is 13.6. The summed E-state index contributed by atoms with van der Waals surface area (Å²) in [6.45, 7) is 4.38. The molecule has 1 heterocycles. The minimum Gasteiger partial charge on any atom is -0.508 e. The van der Waals surface area contributed by atoms with E-state index < -0.39 is 17.3 Å². The molecule has 1 fully saturated rings. The first-order valence-corrected chi connectivity index (χ1v) is 6.91. The number of halogens is 1. The van der Waals surface area contributed by atoms with Gasteiger partial charge in [-0.2, -0.15) is 0 Å². The molecule has 2 N–H and O–H groups in total. The van der Waals surface area contributed by atoms with E-state index in [9.17, 15) is 19.4 Å². The third kappa shape index (κ3) is 2.26. The minimum atomic E-state index is -0.889. The van der Waals surface area contributed by atoms with Crippen molar-refractivity contribution in [3.8, 4) is 5.75 Å². The van der Waals surface area contributed by atoms with E-state index in [2.05, 4.69) is 0 Å². The third-order valence-corrected chi connectivity index (χ3v) is 4.43. The van der Waals surface area contributed by atoms with Crippen LogP contribution in [0.5, 0.6) is 5.75 Å². The van der Waals surface area contributed by atoms with Crippen LogP contribution in [-0.4, -0.2) is 33.2 Å². The maximum atomic E-state index is 13.1. The van der Waals surface area contributed by atoms with Crippen LogP contribution in [0.2, 0.25) is 0 Å². The van der Waals surface area contributed by atoms with Gasteiger partial charge in [0.1, 0.15) is 17.1 Å². The van der Waals surface area contributed by atoms with Crippen molar-refractivity contribution in [2.45, 2.75) is 44.7 Å². The van der Waals surface area contributed by atoms with Gasteiger partial charge in [-0.15, -0.1) is 0 Å². The van der Waals surface area contributed by atoms with Gasteiger partial charge in [0.2, 0.25) is 0 Å². The predicted molar refractivity (Wildman–Crippen MR) is 73.1 cm³/mol. The molecule has 0 radical (unpaired) electrons. The molecular weight excluding hydrogens is 261 g/mol. The second-order valence-electron chi connectivity index (χ2n) is 5.37. The zero-order chi connectivity index (χ0) is 14.9. The SMILES string of the molecule is CCC1(C(=O)O)CCCN1C(C)c1ccc(F)cc1O. The number of rotatable bonds is 4. The zero-order valence-electron chi connectivity index (χ0n) is 11.8. The number of hydrogen-bond acceptors (Lipinski definition) is 3. The Balaban J connectivity index is 2.36. The molecule has 2 unspecified atom stereocenters. The largest absolute Gasteiger partial charge is 0.508 e. The number of benzene rings is 1. The van der Waals surface area contributed by atoms with Gasteiger partial charge in [-0.05, 0) is 38.8 Å². The normalized spacial score (nSPS) is 24.8. The fraction of sp³-hybridized carbons (Fsp3) is 0.533. The van der Waals surface area contributed by atoms with Crippen molar-refractivity contribution in [3.05, 3.63) is 29.6 Å². The number of aliphatic carboxylic acids is 1. The van der Waals surface area contributed by atoms with Crippen LogP contribution in [0, 0.1) is 5.82 Å². The average Bonchev–Trinajstić information content (AvgIpc) is 2.83. The van der Waals surface area contributed by atoms with Gasteiger partial charge in [0.15, 0.2) is 0 Å². The number of phenols is 1. The summed E-state index contributed by atoms with van der Waals surface area (Å²) in [5.41, 5.74) is -0.326. The highest BCUT2D eigenvalue weighted by Crippen LogP contribution is 2.41. The summed E-state index contributed by atoms with van der Waals surface area (Å²) in [6, 6.07) is 3.61. The lowest BCUT2D eigenvalue weighted by atomic mass is 9.90. The fourth-order valence-electron chi connectivity index (χ4n) is 3.26. The highest BCUT2D eigenvalue weighted by Gasteiger charge is 2.48. The van der Waals surface area contributed by atoms with Gasteiger partial charge < -0.3 is 10.2 Å². The summed E-state index contributed by atoms with van der Waals surface area (Å²) >= 11 is 0. The highest BCUT2D eigenvalue weighted by atomic mass is 19.1. The molecule has 0 aliphatic carbocycles. The standard InChI is InChI=1S/C15H20FNO3/c1-3-15(14(19)20)7-4-8-17(15)10(2)12-6-5-11(16)9-13(12)18/h5-6,9-10,18H,3-4,7-8H2,1-2H3,(H,19,20). The van der Waals surface area contributed by atoms with Crippen LogP contribution in [0.3, 0.4) is 0 Å². The number of carbonyl (C=O) groups is 1. The van der Waals surface area contributed by atoms with Crippen molar-refractivity contribution < 1.29 is 19.4 Å². The maximum absolute atomic E-state index is 13.1. The zero-order valence-corrected chi connectivity index (χ0v) is 11.8. The first kappa shape index (κ1) is 14.8. The number of nitrogens with zero attached hydrogens (tertiary/aromatic N) is 1. The van der Waals surface area contributed by atoms with Gasteiger partial charge in [0, 0.05) is 17.7 Å². The Labute approximate surface area is 117 Å². The molecule has 1 aliphatic heterocycles. The first-order chi connectivity index (χ1) is 9.42. The molecule has 1 aromatic rings. The number of carboxylic acid groups (broad SMARTS) is 1. The van der Waals surface area contributed by atoms with E-state index in [0.29, 0.717) is 24.9 Å². The number of phenolic OH excluding ortho intramolecular Hbond substituents is 1. The van der Waals surface area contributed by atoms with Crippen molar-refractivity contribution in [3.63, 3.8) is 0 Å². The molecule has 110 valence electrons. The Hall–Kier alpha value is -1.62. The molecule has 0 bridgehead atoms. The molecule has 1 aliphatic rings. The molecule has 5 heteroatoms. The molecule has 0 aromatic heterocycles. The topological polar surface area (TPSA) is 60.8 Å². The Morgan fingerprint density at radius 3 is 2.80 bits per heavy atom. The smallest absolute Gasteiger partial charge is 0.324 e. The Kier molecular flexibility index (Phi) is 3.99. The second kappa shape index (κ2) is 5.40. The Morgan fingerprint density at radius 1 is 1.55 bits per heavy atom. The number of hydrogen-bond donors (Lipinski definition) is 2. The van der Waals surface area contributed by atoms with Crippen molar-refractivity contribution in [2.24, 2.45) is 0 Å². The van der Waals surface area contributed by atoms with Crippen LogP contribution in [-0.2, 0) is 4.79 Å². The third-order valence-electron chi connectivity index (χ3n) is 4.43. The maximum Gasteiger partial charge on any atom is 0.324 e. The van der Waals surface area contributed by atoms with Gasteiger partial charge >= 0.3 is 5.97 Å². The van der Waals surface area contributed by atoms with Crippen molar-refractivity contribution >= 4 is 5.97 Å². The first-order valence-electron chi connectivity index (χ1n) is 6.91. The van der Waals surface area contributed by atoms with Gasteiger partial charge in [-0.3, -0.25) is 9.69 Å². The lowest BCUT2D eigenvalue weighted by molar-refractivity contribution is -0.151. The van der Waals surface area contributed by atoms with Crippen LogP contribution >= 0.6 is 0 Å². The van der Waals surface area contributed by atoms with E-state index in [1.807, 2.05) is 18.7 Å². The van der Waals surface area contributed by atoms with Crippen LogP contribution in [0.25, 0.3) is 0 Å². The van der Waals surface area contributed by atoms with Crippen molar-refractivity contribution in [1.82, 2.24) is 4.90 Å². The Bertz CT molecular complexity index is 520. The van der Waals surface area contributed by atoms with Gasteiger partial charge in [-0.1, -0.05) is 13.0 Å². The summed E-state index contributed by atoms with van der Waals surface area (Å²) in [5.74, 6) is -1.45. The van der Waals surface area contributed by atoms with Crippen molar-refractivity contribution in [1.29, 1.82) is 0 Å². The van der Waals surface area contributed by atoms with Crippen LogP contribution < -0.4 is 0 Å². The molecule has 1 aromatic carbocycles. The Morgan fingerprint density at radius 2 is 2.25 bits per heavy atom. The summed E-state index contributed by atoms with van der Waals surface area (Å²) < 4.78 is 13.1. The van der Waals surface area contributed by atoms with E-state index in [1.54, 1.807) is 0 Å². The van der Waals surface area contributed by atoms with E-state index in [1.165, 1.54) is 12.1 Å². The number of carboxylic acids is 1. The average molecular weight is 281 g/mol. The lowest BCUT2D eigenvalue weighted by Crippen LogP contribution is -2.50. The van der Waals surface area contributed by atoms with Crippen molar-refractivity contribution in [2.75, 3.05) is 6.54 Å². The molecule has 20 heavy (non-hydrogen) atoms. The number of likely N-dealkylation sites (tertiary alicyclic amines) is 1. The van der Waals surface area contributed by atoms with E-state index in [-0.39, 0.29) is 11.8 Å². The monoisotopic (exact) mass is 281 g/mol. The second-order valence-corrected chi connectivity index (χ2v) is 5.37. The van der Waals surface area contributed by atoms with Crippen LogP contribution in [0.4, 0.5) is 4.39 Å². The van der Waals surface area contributed by atoms with E-state index in [4.69, 9.17) is 0 Å². The molecule has 0 amide bonds. The highest BCUT2D eigenvalue weighted by molar-refractivity contribution is 5.79. The van der Waals surface area contributed by atoms with Crippen LogP contribution in [0.1, 0.15) is 44.7 Å². The molecule has 2 atom stereocenters. The van der Waals surface area contributed by atoms with Crippen LogP contribution in [0.15, 0.2) is 18.2 Å². The van der Waals surface area contributed by atoms with E-state index in [0.717, 1.165) is 12.5 Å². The molecule has 4 nitrogen and oxygen atoms in total. The molecule has 0 saturated carbocycles. The molecule has 2 rings (SSSR count). The van der Waals surface area contributed by atoms with Gasteiger partial charge in [0.05, 0.1) is 0 Å². The van der Waals surface area contributed by atoms with Gasteiger partial charge in [-0.25, -0.2) is 4.39 Å². The lowest BCUT2D eigenvalue weighted by Gasteiger charge is -2.38. The van der Waals surface area contributed by atoms with E-state index >= 15 is 0 Å². The van der Waals surface area contributed by atoms with Gasteiger partial charge in [0.25, 0.3) is 0 Å². The fourth-order valence-corrected chi connectivity index (χ4v) is 3.26. The quantitative estimate of drug-likeness (QED) is 0.891. The molecule has 1 saturated heterocycles. The number of aromatic hydroxyl groups is 1. The summed E-state index contributed by atoms with van der Waals surface area (Å²) in [5, 5.41) is 19.5. The minimum absolute atomic E-state index is 0.125. The predicted octanol–water partition coefficient (Wildman–Crippen LogP) is 2.92. The molecule has 0 spiro atoms.